The van der Waals surface area contributed by atoms with Gasteiger partial charge in [0.15, 0.2) is 0 Å². The lowest BCUT2D eigenvalue weighted by atomic mass is 10.0. The zero-order chi connectivity index (χ0) is 19.1. The lowest BCUT2D eigenvalue weighted by Gasteiger charge is -2.06. The lowest BCUT2D eigenvalue weighted by Crippen LogP contribution is -2.07. The van der Waals surface area contributed by atoms with E-state index in [0.717, 1.165) is 28.0 Å². The van der Waals surface area contributed by atoms with E-state index >= 15 is 0 Å². The van der Waals surface area contributed by atoms with E-state index in [-0.39, 0.29) is 0 Å². The van der Waals surface area contributed by atoms with E-state index in [0.29, 0.717) is 11.3 Å². The second-order valence-electron chi connectivity index (χ2n) is 5.81. The van der Waals surface area contributed by atoms with E-state index < -0.39 is 5.97 Å². The molecule has 0 aliphatic heterocycles. The Kier molecular flexibility index (Phi) is 6.34. The summed E-state index contributed by atoms with van der Waals surface area (Å²) in [6.07, 6.45) is 3.82. The predicted molar refractivity (Wildman–Crippen MR) is 107 cm³/mol. The van der Waals surface area contributed by atoms with Crippen molar-refractivity contribution in [1.82, 2.24) is 0 Å². The van der Waals surface area contributed by atoms with Crippen molar-refractivity contribution in [2.75, 3.05) is 7.11 Å². The third-order valence-electron chi connectivity index (χ3n) is 3.73. The topological polar surface area (TPSA) is 35.5 Å². The van der Waals surface area contributed by atoms with Gasteiger partial charge in [0.25, 0.3) is 0 Å². The van der Waals surface area contributed by atoms with Gasteiger partial charge < -0.3 is 9.47 Å². The highest BCUT2D eigenvalue weighted by Crippen LogP contribution is 2.22. The number of allylic oxidation sites excluding steroid dienone is 4. The molecule has 0 saturated heterocycles. The standard InChI is InChI=1S/C23H22O3/c1-16(2)23(24)26-22-14-10-20(11-15-22)18(4)7-6-17(3)19-8-12-21(25-5)13-9-19/h6-15H,1,3-4H2,2,5H3/b7-6-. The molecule has 0 amide bonds. The fraction of sp³-hybridized carbons (Fsp3) is 0.0870. The van der Waals surface area contributed by atoms with E-state index in [1.54, 1.807) is 26.2 Å². The Morgan fingerprint density at radius 1 is 0.808 bits per heavy atom. The molecule has 0 radical (unpaired) electrons. The Balaban J connectivity index is 2.01. The molecule has 0 bridgehead atoms. The highest BCUT2D eigenvalue weighted by Gasteiger charge is 2.05. The van der Waals surface area contributed by atoms with Crippen LogP contribution in [0, 0.1) is 0 Å². The second kappa shape index (κ2) is 8.67. The first-order chi connectivity index (χ1) is 12.4. The minimum absolute atomic E-state index is 0.360. The van der Waals surface area contributed by atoms with Crippen LogP contribution in [0.3, 0.4) is 0 Å². The summed E-state index contributed by atoms with van der Waals surface area (Å²) in [5.41, 5.74) is 4.01. The van der Waals surface area contributed by atoms with Crippen molar-refractivity contribution in [2.24, 2.45) is 0 Å². The summed E-state index contributed by atoms with van der Waals surface area (Å²) in [4.78, 5) is 11.5. The summed E-state index contributed by atoms with van der Waals surface area (Å²) < 4.78 is 10.3. The molecule has 2 rings (SSSR count). The first kappa shape index (κ1) is 19.0. The van der Waals surface area contributed by atoms with Crippen molar-refractivity contribution in [3.8, 4) is 11.5 Å². The van der Waals surface area contributed by atoms with Crippen LogP contribution in [0.5, 0.6) is 11.5 Å². The second-order valence-corrected chi connectivity index (χ2v) is 5.81. The van der Waals surface area contributed by atoms with Crippen LogP contribution in [0.25, 0.3) is 11.1 Å². The molecule has 0 heterocycles. The number of hydrogen-bond acceptors (Lipinski definition) is 3. The first-order valence-electron chi connectivity index (χ1n) is 8.09. The molecule has 0 atom stereocenters. The van der Waals surface area contributed by atoms with Gasteiger partial charge in [-0.25, -0.2) is 4.79 Å². The predicted octanol–water partition coefficient (Wildman–Crippen LogP) is 5.46. The van der Waals surface area contributed by atoms with Crippen molar-refractivity contribution in [3.63, 3.8) is 0 Å². The van der Waals surface area contributed by atoms with Gasteiger partial charge in [-0.05, 0) is 53.5 Å². The fourth-order valence-electron chi connectivity index (χ4n) is 2.13. The van der Waals surface area contributed by atoms with Gasteiger partial charge in [-0.3, -0.25) is 0 Å². The summed E-state index contributed by atoms with van der Waals surface area (Å²) in [7, 11) is 1.64. The molecule has 0 aliphatic carbocycles. The number of ether oxygens (including phenoxy) is 2. The molecule has 26 heavy (non-hydrogen) atoms. The Labute approximate surface area is 154 Å². The highest BCUT2D eigenvalue weighted by molar-refractivity contribution is 5.88. The van der Waals surface area contributed by atoms with E-state index in [9.17, 15) is 4.79 Å². The van der Waals surface area contributed by atoms with Gasteiger partial charge in [-0.1, -0.05) is 56.2 Å². The highest BCUT2D eigenvalue weighted by atomic mass is 16.5. The molecule has 0 aromatic heterocycles. The summed E-state index contributed by atoms with van der Waals surface area (Å²) in [5.74, 6) is 0.843. The molecule has 2 aromatic rings. The van der Waals surface area contributed by atoms with Gasteiger partial charge in [0.1, 0.15) is 11.5 Å². The molecule has 0 saturated carbocycles. The minimum Gasteiger partial charge on any atom is -0.497 e. The van der Waals surface area contributed by atoms with Gasteiger partial charge in [-0.15, -0.1) is 0 Å². The van der Waals surface area contributed by atoms with Gasteiger partial charge in [0, 0.05) is 5.57 Å². The summed E-state index contributed by atoms with van der Waals surface area (Å²) in [6.45, 7) is 13.3. The van der Waals surface area contributed by atoms with Crippen molar-refractivity contribution in [3.05, 3.63) is 97.1 Å². The van der Waals surface area contributed by atoms with Gasteiger partial charge in [0.2, 0.25) is 0 Å². The van der Waals surface area contributed by atoms with Crippen LogP contribution >= 0.6 is 0 Å². The minimum atomic E-state index is -0.438. The quantitative estimate of drug-likeness (QED) is 0.289. The van der Waals surface area contributed by atoms with Crippen LogP contribution < -0.4 is 9.47 Å². The first-order valence-corrected chi connectivity index (χ1v) is 8.09. The smallest absolute Gasteiger partial charge is 0.338 e. The molecule has 0 fully saturated rings. The average molecular weight is 346 g/mol. The van der Waals surface area contributed by atoms with Crippen molar-refractivity contribution in [1.29, 1.82) is 0 Å². The number of esters is 1. The molecule has 132 valence electrons. The molecule has 0 spiro atoms. The molecule has 3 nitrogen and oxygen atoms in total. The van der Waals surface area contributed by atoms with Crippen molar-refractivity contribution < 1.29 is 14.3 Å². The zero-order valence-corrected chi connectivity index (χ0v) is 15.1. The van der Waals surface area contributed by atoms with E-state index in [2.05, 4.69) is 19.7 Å². The Hall–Kier alpha value is -3.33. The summed E-state index contributed by atoms with van der Waals surface area (Å²) in [6, 6.07) is 14.9. The van der Waals surface area contributed by atoms with Crippen LogP contribution in [-0.4, -0.2) is 13.1 Å². The SMILES string of the molecule is C=C(C)C(=O)Oc1ccc(C(=C)/C=C\C(=C)c2ccc(OC)cc2)cc1. The third-order valence-corrected chi connectivity index (χ3v) is 3.73. The van der Waals surface area contributed by atoms with Crippen molar-refractivity contribution in [2.45, 2.75) is 6.92 Å². The number of carbonyl (C=O) groups excluding carboxylic acids is 1. The molecular weight excluding hydrogens is 324 g/mol. The normalized spacial score (nSPS) is 10.4. The average Bonchev–Trinajstić information content (AvgIpc) is 2.66. The monoisotopic (exact) mass is 346 g/mol. The Bertz CT molecular complexity index is 853. The number of methoxy groups -OCH3 is 1. The molecule has 0 unspecified atom stereocenters. The van der Waals surface area contributed by atoms with Crippen LogP contribution in [0.15, 0.2) is 86.0 Å². The number of rotatable bonds is 7. The largest absolute Gasteiger partial charge is 0.497 e. The Morgan fingerprint density at radius 3 is 1.62 bits per heavy atom. The van der Waals surface area contributed by atoms with Crippen LogP contribution in [0.2, 0.25) is 0 Å². The molecule has 0 N–H and O–H groups in total. The fourth-order valence-corrected chi connectivity index (χ4v) is 2.13. The van der Waals surface area contributed by atoms with Crippen LogP contribution in [0.4, 0.5) is 0 Å². The van der Waals surface area contributed by atoms with Crippen LogP contribution in [0.1, 0.15) is 18.1 Å². The molecule has 3 heteroatoms. The number of benzene rings is 2. The summed E-state index contributed by atoms with van der Waals surface area (Å²) in [5, 5.41) is 0. The van der Waals surface area contributed by atoms with Crippen LogP contribution in [-0.2, 0) is 4.79 Å². The van der Waals surface area contributed by atoms with Crippen molar-refractivity contribution >= 4 is 17.1 Å². The number of hydrogen-bond donors (Lipinski definition) is 0. The molecular formula is C23H22O3. The maximum absolute atomic E-state index is 11.5. The third kappa shape index (κ3) is 5.08. The zero-order valence-electron chi connectivity index (χ0n) is 15.1. The van der Waals surface area contributed by atoms with Gasteiger partial charge in [-0.2, -0.15) is 0 Å². The van der Waals surface area contributed by atoms with E-state index in [1.807, 2.05) is 48.6 Å². The summed E-state index contributed by atoms with van der Waals surface area (Å²) >= 11 is 0. The lowest BCUT2D eigenvalue weighted by molar-refractivity contribution is -0.130. The maximum atomic E-state index is 11.5. The van der Waals surface area contributed by atoms with E-state index in [1.165, 1.54) is 0 Å². The Morgan fingerprint density at radius 2 is 1.23 bits per heavy atom. The molecule has 0 aliphatic rings. The van der Waals surface area contributed by atoms with Gasteiger partial charge in [0.05, 0.1) is 7.11 Å². The number of carbonyl (C=O) groups is 1. The van der Waals surface area contributed by atoms with Gasteiger partial charge >= 0.3 is 5.97 Å². The molecule has 2 aromatic carbocycles. The maximum Gasteiger partial charge on any atom is 0.338 e. The van der Waals surface area contributed by atoms with E-state index in [4.69, 9.17) is 9.47 Å².